The monoisotopic (exact) mass is 506 g/mol. The molecule has 1 saturated heterocycles. The predicted molar refractivity (Wildman–Crippen MR) is 122 cm³/mol. The van der Waals surface area contributed by atoms with Crippen LogP contribution in [0.25, 0.3) is 0 Å². The number of para-hydroxylation sites is 1. The third-order valence-corrected chi connectivity index (χ3v) is 4.84. The summed E-state index contributed by atoms with van der Waals surface area (Å²) in [5, 5.41) is 3.33. The Balaban J connectivity index is 0.00000392. The first kappa shape index (κ1) is 24.5. The lowest BCUT2D eigenvalue weighted by molar-refractivity contribution is -0.146. The van der Waals surface area contributed by atoms with Gasteiger partial charge in [-0.3, -0.25) is 9.79 Å². The van der Waals surface area contributed by atoms with Gasteiger partial charge in [0.2, 0.25) is 0 Å². The van der Waals surface area contributed by atoms with E-state index in [0.717, 1.165) is 51.4 Å². The SMILES string of the molecule is CCNC(=NCCCN(C)c1ccccc1F)N1CCC(C(=O)OC)CC1.I. The number of carbonyl (C=O) groups is 1. The lowest BCUT2D eigenvalue weighted by Gasteiger charge is -2.33. The fraction of sp³-hybridized carbons (Fsp3) is 0.600. The number of halogens is 2. The van der Waals surface area contributed by atoms with Gasteiger partial charge in [-0.15, -0.1) is 24.0 Å². The van der Waals surface area contributed by atoms with Crippen molar-refractivity contribution in [2.24, 2.45) is 10.9 Å². The van der Waals surface area contributed by atoms with E-state index in [9.17, 15) is 9.18 Å². The van der Waals surface area contributed by atoms with Crippen LogP contribution < -0.4 is 10.2 Å². The molecule has 0 unspecified atom stereocenters. The Hall–Kier alpha value is -1.58. The van der Waals surface area contributed by atoms with Crippen LogP contribution in [0.4, 0.5) is 10.1 Å². The molecule has 1 aliphatic heterocycles. The second-order valence-electron chi connectivity index (χ2n) is 6.75. The number of guanidine groups is 1. The van der Waals surface area contributed by atoms with Crippen molar-refractivity contribution >= 4 is 41.6 Å². The van der Waals surface area contributed by atoms with Gasteiger partial charge < -0.3 is 19.9 Å². The van der Waals surface area contributed by atoms with Crippen LogP contribution >= 0.6 is 24.0 Å². The van der Waals surface area contributed by atoms with Gasteiger partial charge in [0.1, 0.15) is 5.82 Å². The molecule has 1 aromatic rings. The minimum Gasteiger partial charge on any atom is -0.469 e. The quantitative estimate of drug-likeness (QED) is 0.203. The van der Waals surface area contributed by atoms with E-state index in [1.54, 1.807) is 12.1 Å². The van der Waals surface area contributed by atoms with Crippen molar-refractivity contribution < 1.29 is 13.9 Å². The van der Waals surface area contributed by atoms with Gasteiger partial charge >= 0.3 is 5.97 Å². The van der Waals surface area contributed by atoms with E-state index in [1.807, 2.05) is 24.9 Å². The molecule has 1 fully saturated rings. The highest BCUT2D eigenvalue weighted by Crippen LogP contribution is 2.19. The van der Waals surface area contributed by atoms with Crippen LogP contribution in [-0.4, -0.2) is 63.7 Å². The van der Waals surface area contributed by atoms with Crippen LogP contribution in [0.2, 0.25) is 0 Å². The second kappa shape index (κ2) is 12.8. The van der Waals surface area contributed by atoms with Gasteiger partial charge in [0.25, 0.3) is 0 Å². The molecule has 1 aromatic carbocycles. The van der Waals surface area contributed by atoms with E-state index in [4.69, 9.17) is 9.73 Å². The molecule has 1 aliphatic rings. The molecule has 2 rings (SSSR count). The first-order chi connectivity index (χ1) is 13.1. The van der Waals surface area contributed by atoms with Crippen molar-refractivity contribution in [1.82, 2.24) is 10.2 Å². The Kier molecular flexibility index (Phi) is 11.2. The number of rotatable bonds is 7. The van der Waals surface area contributed by atoms with Gasteiger partial charge in [-0.05, 0) is 38.3 Å². The summed E-state index contributed by atoms with van der Waals surface area (Å²) in [6.07, 6.45) is 2.40. The highest BCUT2D eigenvalue weighted by molar-refractivity contribution is 14.0. The molecule has 28 heavy (non-hydrogen) atoms. The maximum absolute atomic E-state index is 13.8. The number of carbonyl (C=O) groups excluding carboxylic acids is 1. The van der Waals surface area contributed by atoms with Crippen molar-refractivity contribution in [2.45, 2.75) is 26.2 Å². The van der Waals surface area contributed by atoms with Crippen LogP contribution in [0.1, 0.15) is 26.2 Å². The topological polar surface area (TPSA) is 57.2 Å². The Morgan fingerprint density at radius 1 is 1.36 bits per heavy atom. The van der Waals surface area contributed by atoms with Crippen LogP contribution in [0.15, 0.2) is 29.3 Å². The van der Waals surface area contributed by atoms with E-state index in [2.05, 4.69) is 10.2 Å². The maximum Gasteiger partial charge on any atom is 0.308 e. The molecule has 0 aromatic heterocycles. The van der Waals surface area contributed by atoms with Crippen LogP contribution in [0, 0.1) is 11.7 Å². The molecule has 1 heterocycles. The fourth-order valence-corrected chi connectivity index (χ4v) is 3.29. The number of esters is 1. The summed E-state index contributed by atoms with van der Waals surface area (Å²) in [6, 6.07) is 6.80. The van der Waals surface area contributed by atoms with Crippen molar-refractivity contribution in [3.63, 3.8) is 0 Å². The molecule has 0 atom stereocenters. The van der Waals surface area contributed by atoms with Gasteiger partial charge in [-0.25, -0.2) is 4.39 Å². The predicted octanol–water partition coefficient (Wildman–Crippen LogP) is 3.12. The number of likely N-dealkylation sites (tertiary alicyclic amines) is 1. The molecule has 158 valence electrons. The number of nitrogens with zero attached hydrogens (tertiary/aromatic N) is 3. The standard InChI is InChI=1S/C20H31FN4O2.HI/c1-4-22-20(25-14-10-16(11-15-25)19(26)27-3)23-12-7-13-24(2)18-9-6-5-8-17(18)21;/h5-6,8-9,16H,4,7,10-15H2,1-3H3,(H,22,23);1H. The van der Waals surface area contributed by atoms with Gasteiger partial charge in [0, 0.05) is 39.8 Å². The molecular formula is C20H32FIN4O2. The molecule has 0 bridgehead atoms. The number of anilines is 1. The number of hydrogen-bond acceptors (Lipinski definition) is 4. The summed E-state index contributed by atoms with van der Waals surface area (Å²) >= 11 is 0. The molecular weight excluding hydrogens is 474 g/mol. The zero-order valence-electron chi connectivity index (χ0n) is 17.0. The average Bonchev–Trinajstić information content (AvgIpc) is 2.70. The minimum atomic E-state index is -0.203. The molecule has 0 radical (unpaired) electrons. The highest BCUT2D eigenvalue weighted by Gasteiger charge is 2.26. The van der Waals surface area contributed by atoms with E-state index < -0.39 is 0 Å². The van der Waals surface area contributed by atoms with Crippen molar-refractivity contribution in [1.29, 1.82) is 0 Å². The number of methoxy groups -OCH3 is 1. The van der Waals surface area contributed by atoms with E-state index in [-0.39, 0.29) is 41.7 Å². The molecule has 0 saturated carbocycles. The lowest BCUT2D eigenvalue weighted by Crippen LogP contribution is -2.46. The number of nitrogens with one attached hydrogen (secondary N) is 1. The summed E-state index contributed by atoms with van der Waals surface area (Å²) in [5.41, 5.74) is 0.610. The molecule has 0 amide bonds. The Bertz CT molecular complexity index is 636. The zero-order chi connectivity index (χ0) is 19.6. The first-order valence-corrected chi connectivity index (χ1v) is 9.63. The number of benzene rings is 1. The van der Waals surface area contributed by atoms with Crippen molar-refractivity contribution in [3.05, 3.63) is 30.1 Å². The zero-order valence-corrected chi connectivity index (χ0v) is 19.3. The summed E-state index contributed by atoms with van der Waals surface area (Å²) in [7, 11) is 3.34. The molecule has 0 aliphatic carbocycles. The fourth-order valence-electron chi connectivity index (χ4n) is 3.29. The third-order valence-electron chi connectivity index (χ3n) is 4.84. The molecule has 8 heteroatoms. The number of piperidine rings is 1. The summed E-state index contributed by atoms with van der Waals surface area (Å²) < 4.78 is 18.7. The normalized spacial score (nSPS) is 15.0. The average molecular weight is 506 g/mol. The van der Waals surface area contributed by atoms with Crippen molar-refractivity contribution in [2.75, 3.05) is 51.8 Å². The van der Waals surface area contributed by atoms with E-state index >= 15 is 0 Å². The second-order valence-corrected chi connectivity index (χ2v) is 6.75. The van der Waals surface area contributed by atoms with Crippen LogP contribution in [-0.2, 0) is 9.53 Å². The summed E-state index contributed by atoms with van der Waals surface area (Å²) in [5.74, 6) is 0.552. The molecule has 0 spiro atoms. The largest absolute Gasteiger partial charge is 0.469 e. The number of ether oxygens (including phenoxy) is 1. The van der Waals surface area contributed by atoms with Gasteiger partial charge in [0.05, 0.1) is 18.7 Å². The van der Waals surface area contributed by atoms with Gasteiger partial charge in [-0.2, -0.15) is 0 Å². The lowest BCUT2D eigenvalue weighted by atomic mass is 9.97. The molecule has 6 nitrogen and oxygen atoms in total. The van der Waals surface area contributed by atoms with Crippen LogP contribution in [0.3, 0.4) is 0 Å². The third kappa shape index (κ3) is 7.10. The molecule has 1 N–H and O–H groups in total. The highest BCUT2D eigenvalue weighted by atomic mass is 127. The Morgan fingerprint density at radius 3 is 2.64 bits per heavy atom. The van der Waals surface area contributed by atoms with Gasteiger partial charge in [0.15, 0.2) is 5.96 Å². The smallest absolute Gasteiger partial charge is 0.308 e. The van der Waals surface area contributed by atoms with E-state index in [1.165, 1.54) is 13.2 Å². The summed E-state index contributed by atoms with van der Waals surface area (Å²) in [6.45, 7) is 5.82. The Morgan fingerprint density at radius 2 is 2.04 bits per heavy atom. The number of aliphatic imine (C=N–C) groups is 1. The van der Waals surface area contributed by atoms with E-state index in [0.29, 0.717) is 12.2 Å². The minimum absolute atomic E-state index is 0. The van der Waals surface area contributed by atoms with Crippen LogP contribution in [0.5, 0.6) is 0 Å². The number of hydrogen-bond donors (Lipinski definition) is 1. The Labute approximate surface area is 184 Å². The summed E-state index contributed by atoms with van der Waals surface area (Å²) in [4.78, 5) is 20.5. The van der Waals surface area contributed by atoms with Gasteiger partial charge in [-0.1, -0.05) is 12.1 Å². The maximum atomic E-state index is 13.8. The van der Waals surface area contributed by atoms with Crippen molar-refractivity contribution in [3.8, 4) is 0 Å². The first-order valence-electron chi connectivity index (χ1n) is 9.63.